The molecule has 1 heterocycles. The van der Waals surface area contributed by atoms with Gasteiger partial charge in [0.05, 0.1) is 9.85 Å². The fraction of sp³-hybridized carbons (Fsp3) is 0. The Morgan fingerprint density at radius 3 is 2.37 bits per heavy atom. The van der Waals surface area contributed by atoms with E-state index in [1.807, 2.05) is 0 Å². The summed E-state index contributed by atoms with van der Waals surface area (Å²) in [6, 6.07) is 11.9. The van der Waals surface area contributed by atoms with E-state index in [0.717, 1.165) is 18.1 Å². The molecular formula is C17H11ClN6O5S. The van der Waals surface area contributed by atoms with E-state index in [-0.39, 0.29) is 16.4 Å². The molecule has 13 heteroatoms. The zero-order valence-corrected chi connectivity index (χ0v) is 16.4. The van der Waals surface area contributed by atoms with Crippen LogP contribution in [0.25, 0.3) is 0 Å². The first-order valence-corrected chi connectivity index (χ1v) is 9.29. The number of amides is 1. The Morgan fingerprint density at radius 2 is 1.70 bits per heavy atom. The van der Waals surface area contributed by atoms with Crippen LogP contribution in [0.1, 0.15) is 10.4 Å². The van der Waals surface area contributed by atoms with Crippen molar-refractivity contribution >= 4 is 46.5 Å². The van der Waals surface area contributed by atoms with Gasteiger partial charge in [-0.3, -0.25) is 35.9 Å². The molecule has 1 amide bonds. The van der Waals surface area contributed by atoms with Crippen LogP contribution in [0.15, 0.2) is 64.8 Å². The molecule has 1 aromatic heterocycles. The maximum atomic E-state index is 12.3. The molecule has 3 rings (SSSR count). The predicted octanol–water partition coefficient (Wildman–Crippen LogP) is 3.85. The molecule has 11 nitrogen and oxygen atoms in total. The van der Waals surface area contributed by atoms with E-state index in [0.29, 0.717) is 9.92 Å². The van der Waals surface area contributed by atoms with E-state index in [1.165, 1.54) is 24.3 Å². The number of hydrogen-bond acceptors (Lipinski definition) is 9. The number of carbonyl (C=O) groups is 1. The Bertz CT molecular complexity index is 1130. The van der Waals surface area contributed by atoms with Crippen LogP contribution in [0.4, 0.5) is 17.2 Å². The Labute approximate surface area is 177 Å². The van der Waals surface area contributed by atoms with Gasteiger partial charge in [0, 0.05) is 16.0 Å². The summed E-state index contributed by atoms with van der Waals surface area (Å²) in [6.45, 7) is 0. The van der Waals surface area contributed by atoms with Crippen LogP contribution in [0.2, 0.25) is 5.02 Å². The van der Waals surface area contributed by atoms with E-state index >= 15 is 0 Å². The van der Waals surface area contributed by atoms with E-state index in [2.05, 4.69) is 20.8 Å². The lowest BCUT2D eigenvalue weighted by molar-refractivity contribution is -0.387. The minimum Gasteiger partial charge on any atom is -0.276 e. The number of nitrogens with one attached hydrogen (secondary N) is 2. The van der Waals surface area contributed by atoms with E-state index < -0.39 is 27.1 Å². The number of hydrogen-bond donors (Lipinski definition) is 2. The molecule has 3 aromatic rings. The second kappa shape index (κ2) is 9.15. The molecular weight excluding hydrogens is 436 g/mol. The zero-order chi connectivity index (χ0) is 21.7. The molecule has 152 valence electrons. The average molecular weight is 447 g/mol. The molecule has 0 aliphatic carbocycles. The summed E-state index contributed by atoms with van der Waals surface area (Å²) in [5.74, 6) is -1.14. The highest BCUT2D eigenvalue weighted by Gasteiger charge is 2.25. The molecule has 0 aliphatic heterocycles. The Hall–Kier alpha value is -3.77. The van der Waals surface area contributed by atoms with Crippen molar-refractivity contribution in [1.82, 2.24) is 15.4 Å². The first-order chi connectivity index (χ1) is 14.4. The van der Waals surface area contributed by atoms with Crippen molar-refractivity contribution in [3.63, 3.8) is 0 Å². The first-order valence-electron chi connectivity index (χ1n) is 8.09. The van der Waals surface area contributed by atoms with Crippen LogP contribution in [-0.4, -0.2) is 25.7 Å². The van der Waals surface area contributed by atoms with Crippen molar-refractivity contribution in [1.29, 1.82) is 0 Å². The highest BCUT2D eigenvalue weighted by Crippen LogP contribution is 2.36. The SMILES string of the molecule is O=C(NNc1ncnc(Sc2ccc(Cl)cc2)c1[N+](=O)[O-])c1ccccc1[N+](=O)[O-]. The van der Waals surface area contributed by atoms with Crippen LogP contribution < -0.4 is 10.9 Å². The van der Waals surface area contributed by atoms with Crippen molar-refractivity contribution in [3.05, 3.63) is 85.7 Å². The highest BCUT2D eigenvalue weighted by atomic mass is 35.5. The second-order valence-corrected chi connectivity index (χ2v) is 7.04. The third-order valence-electron chi connectivity index (χ3n) is 3.64. The molecule has 0 radical (unpaired) electrons. The van der Waals surface area contributed by atoms with Crippen LogP contribution in [0.5, 0.6) is 0 Å². The molecule has 0 aliphatic rings. The van der Waals surface area contributed by atoms with Gasteiger partial charge in [-0.1, -0.05) is 35.5 Å². The largest absolute Gasteiger partial charge is 0.345 e. The predicted molar refractivity (Wildman–Crippen MR) is 108 cm³/mol. The number of hydrazine groups is 1. The van der Waals surface area contributed by atoms with Gasteiger partial charge in [0.25, 0.3) is 11.6 Å². The van der Waals surface area contributed by atoms with E-state index in [4.69, 9.17) is 11.6 Å². The maximum absolute atomic E-state index is 12.3. The summed E-state index contributed by atoms with van der Waals surface area (Å²) in [7, 11) is 0. The van der Waals surface area contributed by atoms with Crippen molar-refractivity contribution < 1.29 is 14.6 Å². The maximum Gasteiger partial charge on any atom is 0.345 e. The number of benzene rings is 2. The Kier molecular flexibility index (Phi) is 6.39. The molecule has 0 unspecified atom stereocenters. The highest BCUT2D eigenvalue weighted by molar-refractivity contribution is 7.99. The van der Waals surface area contributed by atoms with Crippen LogP contribution >= 0.6 is 23.4 Å². The van der Waals surface area contributed by atoms with Gasteiger partial charge in [-0.15, -0.1) is 0 Å². The summed E-state index contributed by atoms with van der Waals surface area (Å²) in [5.41, 5.74) is 3.43. The van der Waals surface area contributed by atoms with Crippen LogP contribution in [0, 0.1) is 20.2 Å². The molecule has 0 fully saturated rings. The summed E-state index contributed by atoms with van der Waals surface area (Å²) < 4.78 is 0. The van der Waals surface area contributed by atoms with Crippen molar-refractivity contribution in [2.24, 2.45) is 0 Å². The van der Waals surface area contributed by atoms with Crippen molar-refractivity contribution in [2.75, 3.05) is 5.43 Å². The minimum absolute atomic E-state index is 0.0276. The van der Waals surface area contributed by atoms with Gasteiger partial charge < -0.3 is 0 Å². The number of nitro benzene ring substituents is 1. The van der Waals surface area contributed by atoms with Gasteiger partial charge in [0.2, 0.25) is 5.82 Å². The second-order valence-electron chi connectivity index (χ2n) is 5.54. The quantitative estimate of drug-likeness (QED) is 0.312. The molecule has 2 N–H and O–H groups in total. The molecule has 2 aromatic carbocycles. The van der Waals surface area contributed by atoms with Crippen molar-refractivity contribution in [3.8, 4) is 0 Å². The number of anilines is 1. The van der Waals surface area contributed by atoms with Crippen LogP contribution in [-0.2, 0) is 0 Å². The standard InChI is InChI=1S/C17H11ClN6O5S/c18-10-5-7-11(8-6-10)30-17-14(24(28)29)15(19-9-20-17)21-22-16(25)12-3-1-2-4-13(12)23(26)27/h1-9H,(H,22,25)(H,19,20,21). The fourth-order valence-corrected chi connectivity index (χ4v) is 3.30. The van der Waals surface area contributed by atoms with Gasteiger partial charge in [0.1, 0.15) is 11.9 Å². The molecule has 0 spiro atoms. The fourth-order valence-electron chi connectivity index (χ4n) is 2.32. The van der Waals surface area contributed by atoms with E-state index in [9.17, 15) is 25.0 Å². The van der Waals surface area contributed by atoms with E-state index in [1.54, 1.807) is 24.3 Å². The molecule has 0 atom stereocenters. The van der Waals surface area contributed by atoms with Gasteiger partial charge in [0.15, 0.2) is 5.03 Å². The van der Waals surface area contributed by atoms with Crippen LogP contribution in [0.3, 0.4) is 0 Å². The monoisotopic (exact) mass is 446 g/mol. The lowest BCUT2D eigenvalue weighted by Crippen LogP contribution is -2.30. The molecule has 0 bridgehead atoms. The van der Waals surface area contributed by atoms with Gasteiger partial charge >= 0.3 is 5.69 Å². The third-order valence-corrected chi connectivity index (χ3v) is 4.89. The number of rotatable bonds is 7. The van der Waals surface area contributed by atoms with Gasteiger partial charge in [-0.2, -0.15) is 0 Å². The lowest BCUT2D eigenvalue weighted by Gasteiger charge is -2.10. The number of nitrogens with zero attached hydrogens (tertiary/aromatic N) is 4. The molecule has 0 saturated carbocycles. The Balaban J connectivity index is 1.84. The number of carbonyl (C=O) groups excluding carboxylic acids is 1. The number of nitro groups is 2. The third kappa shape index (κ3) is 4.79. The first kappa shape index (κ1) is 21.0. The molecule has 30 heavy (non-hydrogen) atoms. The van der Waals surface area contributed by atoms with Crippen molar-refractivity contribution in [2.45, 2.75) is 9.92 Å². The minimum atomic E-state index is -0.859. The topological polar surface area (TPSA) is 153 Å². The lowest BCUT2D eigenvalue weighted by atomic mass is 10.2. The van der Waals surface area contributed by atoms with Gasteiger partial charge in [-0.05, 0) is 30.3 Å². The normalized spacial score (nSPS) is 10.3. The number of halogens is 1. The zero-order valence-electron chi connectivity index (χ0n) is 14.8. The smallest absolute Gasteiger partial charge is 0.276 e. The van der Waals surface area contributed by atoms with Gasteiger partial charge in [-0.25, -0.2) is 9.97 Å². The summed E-state index contributed by atoms with van der Waals surface area (Å²) in [4.78, 5) is 42.0. The summed E-state index contributed by atoms with van der Waals surface area (Å²) in [6.07, 6.45) is 1.09. The average Bonchev–Trinajstić information content (AvgIpc) is 2.73. The Morgan fingerprint density at radius 1 is 1.00 bits per heavy atom. The summed E-state index contributed by atoms with van der Waals surface area (Å²) in [5, 5.41) is 23.2. The number of aromatic nitrogens is 2. The number of para-hydroxylation sites is 1. The molecule has 0 saturated heterocycles. The summed E-state index contributed by atoms with van der Waals surface area (Å²) >= 11 is 6.85.